The normalized spacial score (nSPS) is 11.6. The second-order valence-corrected chi connectivity index (χ2v) is 2.18. The summed E-state index contributed by atoms with van der Waals surface area (Å²) in [5.41, 5.74) is 0.458. The van der Waals surface area contributed by atoms with E-state index < -0.39 is 11.9 Å². The van der Waals surface area contributed by atoms with Crippen molar-refractivity contribution in [1.29, 1.82) is 5.26 Å². The number of carboxylic acids is 1. The monoisotopic (exact) mass is 162 g/mol. The molecule has 0 amide bonds. The van der Waals surface area contributed by atoms with Crippen LogP contribution >= 0.6 is 0 Å². The van der Waals surface area contributed by atoms with Crippen molar-refractivity contribution in [3.63, 3.8) is 0 Å². The fraction of sp³-hybridized carbons (Fsp3) is 0.125. The van der Waals surface area contributed by atoms with E-state index >= 15 is 0 Å². The third-order valence-corrected chi connectivity index (χ3v) is 1.42. The van der Waals surface area contributed by atoms with Gasteiger partial charge in [-0.2, -0.15) is 5.26 Å². The zero-order valence-corrected chi connectivity index (χ0v) is 6.14. The van der Waals surface area contributed by atoms with E-state index in [1.165, 1.54) is 24.5 Å². The molecule has 1 rings (SSSR count). The Hall–Kier alpha value is -1.89. The molecular weight excluding hydrogens is 156 g/mol. The van der Waals surface area contributed by atoms with Crippen molar-refractivity contribution in [2.75, 3.05) is 0 Å². The largest absolute Gasteiger partial charge is 0.480 e. The lowest BCUT2D eigenvalue weighted by Crippen LogP contribution is -2.08. The summed E-state index contributed by atoms with van der Waals surface area (Å²) < 4.78 is 0. The lowest BCUT2D eigenvalue weighted by Gasteiger charge is -2.01. The van der Waals surface area contributed by atoms with Crippen LogP contribution in [0.2, 0.25) is 0 Å². The van der Waals surface area contributed by atoms with Gasteiger partial charge in [-0.05, 0) is 17.7 Å². The molecule has 4 nitrogen and oxygen atoms in total. The predicted octanol–water partition coefficient (Wildman–Crippen LogP) is 0.773. The minimum atomic E-state index is -1.14. The van der Waals surface area contributed by atoms with Crippen molar-refractivity contribution in [1.82, 2.24) is 4.98 Å². The number of carboxylic acid groups (broad SMARTS) is 1. The maximum Gasteiger partial charge on any atom is 0.325 e. The van der Waals surface area contributed by atoms with Crippen molar-refractivity contribution in [3.05, 3.63) is 30.1 Å². The number of nitrogens with zero attached hydrogens (tertiary/aromatic N) is 2. The molecule has 0 aliphatic heterocycles. The molecule has 0 spiro atoms. The van der Waals surface area contributed by atoms with Gasteiger partial charge in [0.05, 0.1) is 6.07 Å². The van der Waals surface area contributed by atoms with E-state index in [0.717, 1.165) is 0 Å². The first kappa shape index (κ1) is 8.21. The van der Waals surface area contributed by atoms with Crippen LogP contribution in [0.15, 0.2) is 24.5 Å². The second-order valence-electron chi connectivity index (χ2n) is 2.18. The number of hydrogen-bond acceptors (Lipinski definition) is 3. The molecule has 1 N–H and O–H groups in total. The van der Waals surface area contributed by atoms with E-state index in [0.29, 0.717) is 5.56 Å². The predicted molar refractivity (Wildman–Crippen MR) is 40.2 cm³/mol. The van der Waals surface area contributed by atoms with Crippen LogP contribution in [0.5, 0.6) is 0 Å². The number of aliphatic carboxylic acids is 1. The number of hydrogen-bond donors (Lipinski definition) is 1. The lowest BCUT2D eigenvalue weighted by atomic mass is 10.0. The number of rotatable bonds is 2. The first-order valence-electron chi connectivity index (χ1n) is 3.28. The van der Waals surface area contributed by atoms with Gasteiger partial charge < -0.3 is 5.11 Å². The molecule has 0 aliphatic rings. The van der Waals surface area contributed by atoms with Gasteiger partial charge in [-0.1, -0.05) is 0 Å². The Morgan fingerprint density at radius 3 is 2.58 bits per heavy atom. The summed E-state index contributed by atoms with van der Waals surface area (Å²) in [4.78, 5) is 14.2. The average molecular weight is 162 g/mol. The zero-order valence-electron chi connectivity index (χ0n) is 6.14. The summed E-state index contributed by atoms with van der Waals surface area (Å²) in [5, 5.41) is 17.1. The smallest absolute Gasteiger partial charge is 0.325 e. The summed E-state index contributed by atoms with van der Waals surface area (Å²) >= 11 is 0. The molecule has 0 bridgehead atoms. The Morgan fingerprint density at radius 1 is 1.58 bits per heavy atom. The molecule has 1 heterocycles. The summed E-state index contributed by atoms with van der Waals surface area (Å²) in [5.74, 6) is -2.23. The molecule has 1 aromatic rings. The molecule has 0 aromatic carbocycles. The highest BCUT2D eigenvalue weighted by molar-refractivity contribution is 5.79. The molecule has 0 saturated heterocycles. The minimum Gasteiger partial charge on any atom is -0.480 e. The molecule has 1 atom stereocenters. The summed E-state index contributed by atoms with van der Waals surface area (Å²) in [6.07, 6.45) is 2.92. The Bertz CT molecular complexity index is 316. The maximum atomic E-state index is 10.5. The molecular formula is C8H6N2O2. The standard InChI is InChI=1S/C8H6N2O2/c9-5-7(8(11)12)6-1-3-10-4-2-6/h1-4,7H,(H,11,12). The Kier molecular flexibility index (Phi) is 2.38. The van der Waals surface area contributed by atoms with Crippen molar-refractivity contribution in [2.24, 2.45) is 0 Å². The zero-order chi connectivity index (χ0) is 8.97. The third-order valence-electron chi connectivity index (χ3n) is 1.42. The third kappa shape index (κ3) is 1.58. The van der Waals surface area contributed by atoms with Gasteiger partial charge in [0, 0.05) is 12.4 Å². The molecule has 0 radical (unpaired) electrons. The van der Waals surface area contributed by atoms with Gasteiger partial charge in [0.1, 0.15) is 0 Å². The van der Waals surface area contributed by atoms with E-state index in [1.54, 1.807) is 6.07 Å². The lowest BCUT2D eigenvalue weighted by molar-refractivity contribution is -0.137. The van der Waals surface area contributed by atoms with Crippen LogP contribution in [-0.4, -0.2) is 16.1 Å². The fourth-order valence-corrected chi connectivity index (χ4v) is 0.828. The number of carbonyl (C=O) groups is 1. The van der Waals surface area contributed by atoms with E-state index in [2.05, 4.69) is 4.98 Å². The Balaban J connectivity index is 2.98. The van der Waals surface area contributed by atoms with Gasteiger partial charge in [0.25, 0.3) is 0 Å². The average Bonchev–Trinajstić information content (AvgIpc) is 2.07. The molecule has 0 aliphatic carbocycles. The minimum absolute atomic E-state index is 0.458. The molecule has 1 unspecified atom stereocenters. The number of aromatic nitrogens is 1. The number of nitriles is 1. The summed E-state index contributed by atoms with van der Waals surface area (Å²) in [6, 6.07) is 4.72. The van der Waals surface area contributed by atoms with Crippen molar-refractivity contribution in [3.8, 4) is 6.07 Å². The topological polar surface area (TPSA) is 74.0 Å². The molecule has 1 aromatic heterocycles. The van der Waals surface area contributed by atoms with Gasteiger partial charge >= 0.3 is 5.97 Å². The van der Waals surface area contributed by atoms with Crippen LogP contribution in [0.4, 0.5) is 0 Å². The second kappa shape index (κ2) is 3.49. The van der Waals surface area contributed by atoms with Gasteiger partial charge in [-0.3, -0.25) is 9.78 Å². The van der Waals surface area contributed by atoms with E-state index in [-0.39, 0.29) is 0 Å². The fourth-order valence-electron chi connectivity index (χ4n) is 0.828. The van der Waals surface area contributed by atoms with E-state index in [4.69, 9.17) is 10.4 Å². The van der Waals surface area contributed by atoms with Crippen LogP contribution in [0.25, 0.3) is 0 Å². The van der Waals surface area contributed by atoms with Crippen molar-refractivity contribution < 1.29 is 9.90 Å². The highest BCUT2D eigenvalue weighted by atomic mass is 16.4. The molecule has 0 saturated carbocycles. The summed E-state index contributed by atoms with van der Waals surface area (Å²) in [6.45, 7) is 0. The van der Waals surface area contributed by atoms with Crippen LogP contribution in [0.3, 0.4) is 0 Å². The van der Waals surface area contributed by atoms with Crippen molar-refractivity contribution in [2.45, 2.75) is 5.92 Å². The number of pyridine rings is 1. The summed E-state index contributed by atoms with van der Waals surface area (Å²) in [7, 11) is 0. The van der Waals surface area contributed by atoms with Crippen LogP contribution in [0.1, 0.15) is 11.5 Å². The van der Waals surface area contributed by atoms with E-state index in [9.17, 15) is 4.79 Å². The van der Waals surface area contributed by atoms with Gasteiger partial charge in [-0.25, -0.2) is 0 Å². The highest BCUT2D eigenvalue weighted by Crippen LogP contribution is 2.12. The SMILES string of the molecule is N#CC(C(=O)O)c1ccncc1. The Labute approximate surface area is 69.1 Å². The molecule has 0 fully saturated rings. The first-order valence-corrected chi connectivity index (χ1v) is 3.28. The van der Waals surface area contributed by atoms with Gasteiger partial charge in [0.2, 0.25) is 0 Å². The molecule has 12 heavy (non-hydrogen) atoms. The van der Waals surface area contributed by atoms with Crippen LogP contribution < -0.4 is 0 Å². The van der Waals surface area contributed by atoms with Crippen LogP contribution in [0, 0.1) is 11.3 Å². The van der Waals surface area contributed by atoms with Crippen LogP contribution in [-0.2, 0) is 4.79 Å². The first-order chi connectivity index (χ1) is 5.75. The maximum absolute atomic E-state index is 10.5. The quantitative estimate of drug-likeness (QED) is 0.697. The Morgan fingerprint density at radius 2 is 2.17 bits per heavy atom. The van der Waals surface area contributed by atoms with Crippen molar-refractivity contribution >= 4 is 5.97 Å². The van der Waals surface area contributed by atoms with Gasteiger partial charge in [0.15, 0.2) is 5.92 Å². The molecule has 4 heteroatoms. The van der Waals surface area contributed by atoms with Gasteiger partial charge in [-0.15, -0.1) is 0 Å². The van der Waals surface area contributed by atoms with E-state index in [1.807, 2.05) is 0 Å². The highest BCUT2D eigenvalue weighted by Gasteiger charge is 2.17. The molecule has 60 valence electrons.